The van der Waals surface area contributed by atoms with Crippen LogP contribution < -0.4 is 9.47 Å². The van der Waals surface area contributed by atoms with Gasteiger partial charge in [-0.3, -0.25) is 4.79 Å². The summed E-state index contributed by atoms with van der Waals surface area (Å²) in [5.74, 6) is 1.50. The number of hydrogen-bond acceptors (Lipinski definition) is 3. The fraction of sp³-hybridized carbons (Fsp3) is 0.278. The van der Waals surface area contributed by atoms with E-state index < -0.39 is 0 Å². The van der Waals surface area contributed by atoms with Crippen molar-refractivity contribution in [2.24, 2.45) is 0 Å². The largest absolute Gasteiger partial charge is 0.486 e. The van der Waals surface area contributed by atoms with Crippen molar-refractivity contribution in [2.45, 2.75) is 13.0 Å². The number of amides is 1. The lowest BCUT2D eigenvalue weighted by molar-refractivity contribution is -0.129. The Balaban J connectivity index is 1.63. The van der Waals surface area contributed by atoms with Crippen LogP contribution in [0.5, 0.6) is 11.5 Å². The van der Waals surface area contributed by atoms with Crippen LogP contribution in [0.15, 0.2) is 42.5 Å². The zero-order valence-electron chi connectivity index (χ0n) is 12.9. The van der Waals surface area contributed by atoms with Crippen molar-refractivity contribution < 1.29 is 14.3 Å². The first-order valence-electron chi connectivity index (χ1n) is 7.49. The monoisotopic (exact) mass is 331 g/mol. The van der Waals surface area contributed by atoms with Gasteiger partial charge in [0.25, 0.3) is 0 Å². The van der Waals surface area contributed by atoms with Gasteiger partial charge in [-0.2, -0.15) is 0 Å². The quantitative estimate of drug-likeness (QED) is 0.862. The molecule has 3 rings (SSSR count). The summed E-state index contributed by atoms with van der Waals surface area (Å²) >= 11 is 5.87. The van der Waals surface area contributed by atoms with Crippen LogP contribution in [0.25, 0.3) is 0 Å². The molecule has 2 aromatic rings. The Kier molecular flexibility index (Phi) is 4.72. The van der Waals surface area contributed by atoms with Crippen molar-refractivity contribution in [1.82, 2.24) is 4.90 Å². The molecule has 0 unspecified atom stereocenters. The van der Waals surface area contributed by atoms with E-state index in [1.54, 1.807) is 11.9 Å². The van der Waals surface area contributed by atoms with Crippen LogP contribution in [-0.2, 0) is 17.8 Å². The molecule has 0 saturated heterocycles. The molecule has 0 spiro atoms. The summed E-state index contributed by atoms with van der Waals surface area (Å²) in [5, 5.41) is 0.694. The minimum atomic E-state index is 0.0524. The van der Waals surface area contributed by atoms with Crippen LogP contribution in [0, 0.1) is 0 Å². The van der Waals surface area contributed by atoms with Crippen LogP contribution in [0.2, 0.25) is 5.02 Å². The predicted octanol–water partition coefficient (Wildman–Crippen LogP) is 3.31. The summed E-state index contributed by atoms with van der Waals surface area (Å²) < 4.78 is 11.0. The molecule has 0 saturated carbocycles. The number of likely N-dealkylation sites (N-methyl/N-ethyl adjacent to an activating group) is 1. The van der Waals surface area contributed by atoms with Crippen molar-refractivity contribution in [3.05, 3.63) is 58.6 Å². The molecule has 0 atom stereocenters. The third-order valence-electron chi connectivity index (χ3n) is 3.72. The molecule has 0 aliphatic carbocycles. The minimum Gasteiger partial charge on any atom is -0.486 e. The third-order valence-corrected chi connectivity index (χ3v) is 3.97. The van der Waals surface area contributed by atoms with Crippen molar-refractivity contribution in [3.63, 3.8) is 0 Å². The number of fused-ring (bicyclic) bond motifs is 1. The summed E-state index contributed by atoms with van der Waals surface area (Å²) in [6.45, 7) is 1.66. The Hall–Kier alpha value is -2.20. The average molecular weight is 332 g/mol. The first-order chi connectivity index (χ1) is 11.1. The number of ether oxygens (including phenoxy) is 2. The smallest absolute Gasteiger partial charge is 0.227 e. The average Bonchev–Trinajstić information content (AvgIpc) is 2.56. The molecule has 0 N–H and O–H groups in total. The van der Waals surface area contributed by atoms with Gasteiger partial charge >= 0.3 is 0 Å². The van der Waals surface area contributed by atoms with E-state index >= 15 is 0 Å². The zero-order chi connectivity index (χ0) is 16.2. The highest BCUT2D eigenvalue weighted by Crippen LogP contribution is 2.31. The second kappa shape index (κ2) is 6.92. The molecule has 1 aliphatic rings. The van der Waals surface area contributed by atoms with Gasteiger partial charge in [-0.1, -0.05) is 29.8 Å². The molecule has 0 bridgehead atoms. The molecular weight excluding hydrogens is 314 g/mol. The van der Waals surface area contributed by atoms with Crippen molar-refractivity contribution in [1.29, 1.82) is 0 Å². The highest BCUT2D eigenvalue weighted by molar-refractivity contribution is 6.30. The van der Waals surface area contributed by atoms with E-state index in [9.17, 15) is 4.79 Å². The van der Waals surface area contributed by atoms with Crippen LogP contribution in [0.3, 0.4) is 0 Å². The fourth-order valence-electron chi connectivity index (χ4n) is 2.46. The van der Waals surface area contributed by atoms with E-state index in [0.717, 1.165) is 16.9 Å². The highest BCUT2D eigenvalue weighted by atomic mass is 35.5. The van der Waals surface area contributed by atoms with Crippen molar-refractivity contribution in [2.75, 3.05) is 20.3 Å². The third kappa shape index (κ3) is 3.96. The second-order valence-corrected chi connectivity index (χ2v) is 5.97. The lowest BCUT2D eigenvalue weighted by atomic mass is 10.1. The van der Waals surface area contributed by atoms with E-state index in [1.807, 2.05) is 42.5 Å². The maximum Gasteiger partial charge on any atom is 0.227 e. The molecule has 23 heavy (non-hydrogen) atoms. The summed E-state index contributed by atoms with van der Waals surface area (Å²) in [5.41, 5.74) is 1.97. The van der Waals surface area contributed by atoms with Crippen LogP contribution >= 0.6 is 11.6 Å². The Bertz CT molecular complexity index is 700. The number of rotatable bonds is 4. The topological polar surface area (TPSA) is 38.8 Å². The predicted molar refractivity (Wildman–Crippen MR) is 89.1 cm³/mol. The highest BCUT2D eigenvalue weighted by Gasteiger charge is 2.15. The van der Waals surface area contributed by atoms with Gasteiger partial charge in [0.2, 0.25) is 5.91 Å². The molecular formula is C18H18ClNO3. The van der Waals surface area contributed by atoms with E-state index in [4.69, 9.17) is 21.1 Å². The first kappa shape index (κ1) is 15.7. The first-order valence-corrected chi connectivity index (χ1v) is 7.86. The van der Waals surface area contributed by atoms with Gasteiger partial charge in [-0.15, -0.1) is 0 Å². The number of carbonyl (C=O) groups is 1. The zero-order valence-corrected chi connectivity index (χ0v) is 13.7. The lowest BCUT2D eigenvalue weighted by Gasteiger charge is -2.20. The SMILES string of the molecule is CN(Cc1ccc(Cl)cc1)C(=O)Cc1ccc2c(c1)OCCO2. The van der Waals surface area contributed by atoms with Gasteiger partial charge in [0.05, 0.1) is 6.42 Å². The standard InChI is InChI=1S/C18H18ClNO3/c1-20(12-13-2-5-15(19)6-3-13)18(21)11-14-4-7-16-17(10-14)23-9-8-22-16/h2-7,10H,8-9,11-12H2,1H3. The molecule has 0 fully saturated rings. The lowest BCUT2D eigenvalue weighted by Crippen LogP contribution is -2.27. The summed E-state index contributed by atoms with van der Waals surface area (Å²) in [7, 11) is 1.80. The van der Waals surface area contributed by atoms with Crippen molar-refractivity contribution in [3.8, 4) is 11.5 Å². The fourth-order valence-corrected chi connectivity index (χ4v) is 2.59. The van der Waals surface area contributed by atoms with E-state index in [2.05, 4.69) is 0 Å². The molecule has 0 radical (unpaired) electrons. The van der Waals surface area contributed by atoms with Crippen molar-refractivity contribution >= 4 is 17.5 Å². The number of carbonyl (C=O) groups excluding carboxylic acids is 1. The van der Waals surface area contributed by atoms with Gasteiger partial charge < -0.3 is 14.4 Å². The second-order valence-electron chi connectivity index (χ2n) is 5.53. The summed E-state index contributed by atoms with van der Waals surface area (Å²) in [4.78, 5) is 14.1. The van der Waals surface area contributed by atoms with E-state index in [-0.39, 0.29) is 5.91 Å². The molecule has 120 valence electrons. The Morgan fingerprint density at radius 1 is 1.04 bits per heavy atom. The Morgan fingerprint density at radius 2 is 1.70 bits per heavy atom. The van der Waals surface area contributed by atoms with Gasteiger partial charge in [-0.05, 0) is 35.4 Å². The van der Waals surface area contributed by atoms with Gasteiger partial charge in [0.15, 0.2) is 11.5 Å². The number of benzene rings is 2. The summed E-state index contributed by atoms with van der Waals surface area (Å²) in [6.07, 6.45) is 0.334. The van der Waals surface area contributed by atoms with E-state index in [1.165, 1.54) is 0 Å². The maximum absolute atomic E-state index is 12.4. The molecule has 4 nitrogen and oxygen atoms in total. The van der Waals surface area contributed by atoms with Crippen LogP contribution in [-0.4, -0.2) is 31.1 Å². The van der Waals surface area contributed by atoms with Gasteiger partial charge in [0.1, 0.15) is 13.2 Å². The maximum atomic E-state index is 12.4. The number of nitrogens with zero attached hydrogens (tertiary/aromatic N) is 1. The van der Waals surface area contributed by atoms with Gasteiger partial charge in [0, 0.05) is 18.6 Å². The molecule has 1 aliphatic heterocycles. The Morgan fingerprint density at radius 3 is 2.43 bits per heavy atom. The molecule has 1 heterocycles. The minimum absolute atomic E-state index is 0.0524. The van der Waals surface area contributed by atoms with Gasteiger partial charge in [-0.25, -0.2) is 0 Å². The molecule has 0 aromatic heterocycles. The normalized spacial score (nSPS) is 12.8. The molecule has 1 amide bonds. The van der Waals surface area contributed by atoms with Crippen LogP contribution in [0.1, 0.15) is 11.1 Å². The molecule has 5 heteroatoms. The Labute approximate surface area is 140 Å². The number of halogens is 1. The molecule has 2 aromatic carbocycles. The van der Waals surface area contributed by atoms with E-state index in [0.29, 0.717) is 37.0 Å². The summed E-state index contributed by atoms with van der Waals surface area (Å²) in [6, 6.07) is 13.2. The van der Waals surface area contributed by atoms with Crippen LogP contribution in [0.4, 0.5) is 0 Å². The number of hydrogen-bond donors (Lipinski definition) is 0.